The molecule has 0 spiro atoms. The number of hydrogen-bond donors (Lipinski definition) is 0. The van der Waals surface area contributed by atoms with Crippen LogP contribution in [0.15, 0.2) is 72.8 Å². The fourth-order valence-corrected chi connectivity index (χ4v) is 2.36. The van der Waals surface area contributed by atoms with E-state index in [1.54, 1.807) is 6.07 Å². The maximum Gasteiger partial charge on any atom is 0.198 e. The minimum atomic E-state index is -0.712. The molecule has 3 aromatic carbocycles. The summed E-state index contributed by atoms with van der Waals surface area (Å²) in [6, 6.07) is 21.9. The third-order valence-corrected chi connectivity index (χ3v) is 3.68. The van der Waals surface area contributed by atoms with Gasteiger partial charge in [0.2, 0.25) is 0 Å². The van der Waals surface area contributed by atoms with Crippen molar-refractivity contribution in [1.82, 2.24) is 0 Å². The fourth-order valence-electron chi connectivity index (χ4n) is 2.36. The Hall–Kier alpha value is -3.14. The lowest BCUT2D eigenvalue weighted by molar-refractivity contribution is 0.111. The van der Waals surface area contributed by atoms with Crippen LogP contribution in [-0.2, 0) is 13.2 Å². The van der Waals surface area contributed by atoms with Crippen LogP contribution in [0.2, 0.25) is 0 Å². The number of carbonyl (C=O) groups is 1. The van der Waals surface area contributed by atoms with Gasteiger partial charge in [0.15, 0.2) is 23.6 Å². The Bertz CT molecular complexity index is 833. The summed E-state index contributed by atoms with van der Waals surface area (Å²) in [5, 5.41) is 0. The molecule has 0 saturated heterocycles. The quantitative estimate of drug-likeness (QED) is 0.582. The molecule has 0 aliphatic rings. The largest absolute Gasteiger partial charge is 0.485 e. The summed E-state index contributed by atoms with van der Waals surface area (Å²) < 4.78 is 25.9. The van der Waals surface area contributed by atoms with Crippen molar-refractivity contribution in [3.63, 3.8) is 0 Å². The lowest BCUT2D eigenvalue weighted by atomic mass is 10.2. The van der Waals surface area contributed by atoms with Crippen LogP contribution in [0.4, 0.5) is 4.39 Å². The van der Waals surface area contributed by atoms with Crippen LogP contribution >= 0.6 is 0 Å². The Balaban J connectivity index is 1.81. The van der Waals surface area contributed by atoms with E-state index in [9.17, 15) is 9.18 Å². The van der Waals surface area contributed by atoms with Gasteiger partial charge in [-0.15, -0.1) is 0 Å². The molecule has 0 atom stereocenters. The van der Waals surface area contributed by atoms with E-state index in [-0.39, 0.29) is 30.3 Å². The summed E-state index contributed by atoms with van der Waals surface area (Å²) in [6.45, 7) is 0.462. The maximum absolute atomic E-state index is 14.5. The summed E-state index contributed by atoms with van der Waals surface area (Å²) in [4.78, 5) is 11.0. The highest BCUT2D eigenvalue weighted by Crippen LogP contribution is 2.33. The summed E-state index contributed by atoms with van der Waals surface area (Å²) in [6.07, 6.45) is 0.464. The molecule has 25 heavy (non-hydrogen) atoms. The van der Waals surface area contributed by atoms with Crippen LogP contribution in [0, 0.1) is 5.82 Å². The highest BCUT2D eigenvalue weighted by molar-refractivity contribution is 5.77. The molecule has 0 bridgehead atoms. The molecule has 0 N–H and O–H groups in total. The summed E-state index contributed by atoms with van der Waals surface area (Å²) in [7, 11) is 0. The number of ether oxygens (including phenoxy) is 2. The van der Waals surface area contributed by atoms with Crippen molar-refractivity contribution in [2.24, 2.45) is 0 Å². The lowest BCUT2D eigenvalue weighted by Crippen LogP contribution is -2.04. The molecule has 3 rings (SSSR count). The molecule has 0 aliphatic heterocycles. The molecule has 0 unspecified atom stereocenters. The van der Waals surface area contributed by atoms with Gasteiger partial charge in [-0.25, -0.2) is 4.39 Å². The van der Waals surface area contributed by atoms with Crippen LogP contribution in [0.25, 0.3) is 0 Å². The molecule has 0 amide bonds. The Morgan fingerprint density at radius 3 is 1.88 bits per heavy atom. The van der Waals surface area contributed by atoms with Gasteiger partial charge in [0.1, 0.15) is 13.2 Å². The van der Waals surface area contributed by atoms with Gasteiger partial charge in [0.25, 0.3) is 0 Å². The first-order valence-corrected chi connectivity index (χ1v) is 7.89. The minimum absolute atomic E-state index is 0.0515. The average molecular weight is 336 g/mol. The highest BCUT2D eigenvalue weighted by Gasteiger charge is 2.16. The highest BCUT2D eigenvalue weighted by atomic mass is 19.1. The van der Waals surface area contributed by atoms with Gasteiger partial charge in [0.05, 0.1) is 5.56 Å². The third-order valence-electron chi connectivity index (χ3n) is 3.68. The molecule has 0 aliphatic carbocycles. The molecule has 3 aromatic rings. The second kappa shape index (κ2) is 8.11. The summed E-state index contributed by atoms with van der Waals surface area (Å²) in [5.41, 5.74) is 1.79. The van der Waals surface area contributed by atoms with E-state index in [4.69, 9.17) is 9.47 Å². The molecular formula is C21H17FO3. The number of rotatable bonds is 7. The van der Waals surface area contributed by atoms with Crippen LogP contribution in [0.1, 0.15) is 21.5 Å². The molecule has 3 nitrogen and oxygen atoms in total. The lowest BCUT2D eigenvalue weighted by Gasteiger charge is -2.14. The van der Waals surface area contributed by atoms with E-state index in [1.807, 2.05) is 60.7 Å². The fraction of sp³-hybridized carbons (Fsp3) is 0.0952. The Morgan fingerprint density at radius 2 is 1.32 bits per heavy atom. The van der Waals surface area contributed by atoms with Crippen molar-refractivity contribution < 1.29 is 18.7 Å². The molecule has 126 valence electrons. The van der Waals surface area contributed by atoms with Gasteiger partial charge in [-0.3, -0.25) is 4.79 Å². The van der Waals surface area contributed by atoms with Crippen molar-refractivity contribution >= 4 is 6.29 Å². The van der Waals surface area contributed by atoms with Crippen molar-refractivity contribution in [1.29, 1.82) is 0 Å². The number of halogens is 1. The van der Waals surface area contributed by atoms with Crippen LogP contribution < -0.4 is 9.47 Å². The molecular weight excluding hydrogens is 319 g/mol. The monoisotopic (exact) mass is 336 g/mol. The normalized spacial score (nSPS) is 10.3. The van der Waals surface area contributed by atoms with Crippen LogP contribution in [0.3, 0.4) is 0 Å². The smallest absolute Gasteiger partial charge is 0.198 e. The average Bonchev–Trinajstić information content (AvgIpc) is 2.67. The summed E-state index contributed by atoms with van der Waals surface area (Å²) >= 11 is 0. The molecule has 0 saturated carbocycles. The van der Waals surface area contributed by atoms with E-state index in [1.165, 1.54) is 6.07 Å². The van der Waals surface area contributed by atoms with Crippen molar-refractivity contribution in [3.8, 4) is 11.5 Å². The van der Waals surface area contributed by atoms with E-state index < -0.39 is 5.82 Å². The van der Waals surface area contributed by atoms with Gasteiger partial charge < -0.3 is 9.47 Å². The van der Waals surface area contributed by atoms with Crippen molar-refractivity contribution in [2.45, 2.75) is 13.2 Å². The first kappa shape index (κ1) is 16.7. The zero-order chi connectivity index (χ0) is 17.5. The Labute approximate surface area is 145 Å². The Kier molecular flexibility index (Phi) is 5.42. The number of carbonyl (C=O) groups excluding carboxylic acids is 1. The number of hydrogen-bond acceptors (Lipinski definition) is 3. The predicted octanol–water partition coefficient (Wildman–Crippen LogP) is 4.80. The second-order valence-corrected chi connectivity index (χ2v) is 5.46. The minimum Gasteiger partial charge on any atom is -0.485 e. The van der Waals surface area contributed by atoms with Crippen LogP contribution in [-0.4, -0.2) is 6.29 Å². The topological polar surface area (TPSA) is 35.5 Å². The summed E-state index contributed by atoms with van der Waals surface area (Å²) in [5.74, 6) is -0.497. The Morgan fingerprint density at radius 1 is 0.760 bits per heavy atom. The zero-order valence-corrected chi connectivity index (χ0v) is 13.5. The van der Waals surface area contributed by atoms with Crippen molar-refractivity contribution in [3.05, 3.63) is 95.3 Å². The van der Waals surface area contributed by atoms with E-state index in [0.29, 0.717) is 6.29 Å². The molecule has 0 fully saturated rings. The third kappa shape index (κ3) is 4.23. The number of benzene rings is 3. The van der Waals surface area contributed by atoms with E-state index >= 15 is 0 Å². The second-order valence-electron chi connectivity index (χ2n) is 5.46. The standard InChI is InChI=1S/C21H17FO3/c22-20-18(13-23)11-12-19(24-14-16-7-3-1-4-8-16)21(20)25-15-17-9-5-2-6-10-17/h1-13H,14-15H2. The van der Waals surface area contributed by atoms with Gasteiger partial charge >= 0.3 is 0 Å². The van der Waals surface area contributed by atoms with Crippen LogP contribution in [0.5, 0.6) is 11.5 Å². The number of aldehydes is 1. The van der Waals surface area contributed by atoms with E-state index in [2.05, 4.69) is 0 Å². The molecule has 0 heterocycles. The van der Waals surface area contributed by atoms with Gasteiger partial charge in [-0.05, 0) is 23.3 Å². The first-order valence-electron chi connectivity index (χ1n) is 7.89. The molecule has 0 aromatic heterocycles. The van der Waals surface area contributed by atoms with Gasteiger partial charge in [-0.2, -0.15) is 0 Å². The molecule has 0 radical (unpaired) electrons. The SMILES string of the molecule is O=Cc1ccc(OCc2ccccc2)c(OCc2ccccc2)c1F. The van der Waals surface area contributed by atoms with Crippen molar-refractivity contribution in [2.75, 3.05) is 0 Å². The van der Waals surface area contributed by atoms with E-state index in [0.717, 1.165) is 11.1 Å². The first-order chi connectivity index (χ1) is 12.3. The van der Waals surface area contributed by atoms with Gasteiger partial charge in [-0.1, -0.05) is 60.7 Å². The maximum atomic E-state index is 14.5. The molecule has 4 heteroatoms. The zero-order valence-electron chi connectivity index (χ0n) is 13.5. The van der Waals surface area contributed by atoms with Gasteiger partial charge in [0, 0.05) is 0 Å². The predicted molar refractivity (Wildman–Crippen MR) is 93.3 cm³/mol.